The largest absolute Gasteiger partial charge is 0.462 e. The van der Waals surface area contributed by atoms with Crippen LogP contribution in [0, 0.1) is 0 Å². The Hall–Kier alpha value is -2.86. The van der Waals surface area contributed by atoms with E-state index in [0.29, 0.717) is 4.59 Å². The molecular weight excluding hydrogens is 364 g/mol. The van der Waals surface area contributed by atoms with E-state index in [9.17, 15) is 9.90 Å². The highest BCUT2D eigenvalue weighted by molar-refractivity contribution is 5.84. The Labute approximate surface area is 171 Å². The minimum Gasteiger partial charge on any atom is -0.462 e. The third-order valence-corrected chi connectivity index (χ3v) is 6.00. The lowest BCUT2D eigenvalue weighted by Gasteiger charge is -2.38. The molecule has 0 atom stereocenters. The van der Waals surface area contributed by atoms with Crippen LogP contribution in [-0.4, -0.2) is 33.8 Å². The number of quaternary nitrogens is 1. The number of amides is 1. The van der Waals surface area contributed by atoms with Gasteiger partial charge in [-0.1, -0.05) is 0 Å². The smallest absolute Gasteiger partial charge is 0.449 e. The van der Waals surface area contributed by atoms with Gasteiger partial charge < -0.3 is 9.67 Å². The predicted molar refractivity (Wildman–Crippen MR) is 116 cm³/mol. The number of piperidine rings is 1. The molecule has 0 unspecified atom stereocenters. The molecule has 1 amide bonds. The maximum atomic E-state index is 11.4. The van der Waals surface area contributed by atoms with Gasteiger partial charge in [0.1, 0.15) is 13.1 Å². The summed E-state index contributed by atoms with van der Waals surface area (Å²) in [6.07, 6.45) is 11.5. The summed E-state index contributed by atoms with van der Waals surface area (Å²) in [7, 11) is 0. The fourth-order valence-corrected chi connectivity index (χ4v) is 4.48. The number of rotatable bonds is 7. The van der Waals surface area contributed by atoms with E-state index in [0.717, 1.165) is 57.4 Å². The van der Waals surface area contributed by atoms with Gasteiger partial charge in [-0.3, -0.25) is 4.98 Å². The summed E-state index contributed by atoms with van der Waals surface area (Å²) in [5.41, 5.74) is 6.37. The molecule has 6 nitrogen and oxygen atoms in total. The zero-order valence-electron chi connectivity index (χ0n) is 16.8. The first-order valence-corrected chi connectivity index (χ1v) is 10.5. The van der Waals surface area contributed by atoms with Crippen LogP contribution in [0.2, 0.25) is 0 Å². The number of benzene rings is 1. The number of aromatic nitrogens is 2. The number of hydrogen-bond acceptors (Lipinski definition) is 2. The zero-order valence-corrected chi connectivity index (χ0v) is 16.8. The lowest BCUT2D eigenvalue weighted by molar-refractivity contribution is 0.127. The minimum atomic E-state index is -0.959. The normalized spacial score (nSPS) is 16.0. The van der Waals surface area contributed by atoms with E-state index in [1.165, 1.54) is 22.9 Å². The standard InChI is InChI=1S/C23H28N4O2/c28-23(29)25-27(16-4-1-5-17-27)21-7-8-22-20(18-21)11-15-26(22)14-3-2-6-19-9-12-24-13-10-19/h7-13,15,18,25H,1-6,14,16-17H2/p+1. The van der Waals surface area contributed by atoms with Crippen molar-refractivity contribution in [1.29, 1.82) is 0 Å². The molecule has 0 saturated carbocycles. The van der Waals surface area contributed by atoms with E-state index in [1.807, 2.05) is 12.4 Å². The molecule has 1 aliphatic heterocycles. The van der Waals surface area contributed by atoms with Gasteiger partial charge >= 0.3 is 6.09 Å². The number of pyridine rings is 1. The number of nitrogens with zero attached hydrogens (tertiary/aromatic N) is 3. The van der Waals surface area contributed by atoms with Gasteiger partial charge in [0, 0.05) is 48.2 Å². The van der Waals surface area contributed by atoms with Gasteiger partial charge in [-0.15, -0.1) is 0 Å². The molecule has 2 N–H and O–H groups in total. The van der Waals surface area contributed by atoms with Gasteiger partial charge in [0.05, 0.1) is 0 Å². The highest BCUT2D eigenvalue weighted by Crippen LogP contribution is 2.30. The van der Waals surface area contributed by atoms with Crippen LogP contribution in [0.15, 0.2) is 55.0 Å². The van der Waals surface area contributed by atoms with Gasteiger partial charge in [0.15, 0.2) is 5.69 Å². The van der Waals surface area contributed by atoms with E-state index in [1.54, 1.807) is 0 Å². The van der Waals surface area contributed by atoms with Crippen molar-refractivity contribution >= 4 is 22.7 Å². The number of unbranched alkanes of at least 4 members (excludes halogenated alkanes) is 1. The number of aryl methyl sites for hydroxylation is 2. The quantitative estimate of drug-likeness (QED) is 0.450. The Balaban J connectivity index is 1.46. The second-order valence-electron chi connectivity index (χ2n) is 7.96. The summed E-state index contributed by atoms with van der Waals surface area (Å²) < 4.78 is 2.64. The van der Waals surface area contributed by atoms with Crippen molar-refractivity contribution in [3.05, 3.63) is 60.6 Å². The lowest BCUT2D eigenvalue weighted by Crippen LogP contribution is -2.63. The fraction of sp³-hybridized carbons (Fsp3) is 0.391. The van der Waals surface area contributed by atoms with Crippen molar-refractivity contribution < 1.29 is 9.90 Å². The van der Waals surface area contributed by atoms with Gasteiger partial charge in [0.25, 0.3) is 0 Å². The molecule has 6 heteroatoms. The van der Waals surface area contributed by atoms with Gasteiger partial charge in [0.2, 0.25) is 0 Å². The summed E-state index contributed by atoms with van der Waals surface area (Å²) >= 11 is 0. The Morgan fingerprint density at radius 2 is 1.86 bits per heavy atom. The molecule has 152 valence electrons. The summed E-state index contributed by atoms with van der Waals surface area (Å²) in [5, 5.41) is 10.6. The Morgan fingerprint density at radius 1 is 1.07 bits per heavy atom. The van der Waals surface area contributed by atoms with Crippen molar-refractivity contribution in [3.8, 4) is 0 Å². The van der Waals surface area contributed by atoms with E-state index in [-0.39, 0.29) is 0 Å². The topological polar surface area (TPSA) is 67.2 Å². The summed E-state index contributed by atoms with van der Waals surface area (Å²) in [5.74, 6) is 0. The van der Waals surface area contributed by atoms with Crippen molar-refractivity contribution in [2.45, 2.75) is 45.1 Å². The maximum absolute atomic E-state index is 11.4. The van der Waals surface area contributed by atoms with Crippen LogP contribution in [0.1, 0.15) is 37.7 Å². The minimum absolute atomic E-state index is 0.336. The second kappa shape index (κ2) is 8.66. The third kappa shape index (κ3) is 4.43. The van der Waals surface area contributed by atoms with Crippen LogP contribution >= 0.6 is 0 Å². The molecule has 2 aromatic heterocycles. The van der Waals surface area contributed by atoms with Crippen LogP contribution in [0.3, 0.4) is 0 Å². The van der Waals surface area contributed by atoms with Crippen LogP contribution in [0.4, 0.5) is 10.5 Å². The molecule has 3 aromatic rings. The molecule has 29 heavy (non-hydrogen) atoms. The molecule has 1 aliphatic rings. The van der Waals surface area contributed by atoms with Gasteiger partial charge in [-0.25, -0.2) is 4.79 Å². The van der Waals surface area contributed by atoms with Crippen LogP contribution in [-0.2, 0) is 13.0 Å². The van der Waals surface area contributed by atoms with E-state index in [2.05, 4.69) is 57.6 Å². The summed E-state index contributed by atoms with van der Waals surface area (Å²) in [4.78, 5) is 15.5. The van der Waals surface area contributed by atoms with Crippen LogP contribution in [0.5, 0.6) is 0 Å². The van der Waals surface area contributed by atoms with Crippen molar-refractivity contribution in [1.82, 2.24) is 19.6 Å². The molecule has 1 aromatic carbocycles. The van der Waals surface area contributed by atoms with Crippen LogP contribution < -0.4 is 10.0 Å². The molecular formula is C23H29N4O2+. The fourth-order valence-electron chi connectivity index (χ4n) is 4.48. The monoisotopic (exact) mass is 393 g/mol. The molecule has 1 fully saturated rings. The average molecular weight is 394 g/mol. The second-order valence-corrected chi connectivity index (χ2v) is 7.96. The lowest BCUT2D eigenvalue weighted by atomic mass is 10.1. The SMILES string of the molecule is O=C(O)N[N+]1(c2ccc3c(ccn3CCCCc3ccncc3)c2)CCCCC1. The molecule has 0 bridgehead atoms. The number of hydrogen-bond donors (Lipinski definition) is 2. The molecule has 0 spiro atoms. The zero-order chi connectivity index (χ0) is 20.1. The number of carbonyl (C=O) groups is 1. The molecule has 0 radical (unpaired) electrons. The molecule has 3 heterocycles. The maximum Gasteiger partial charge on any atom is 0.449 e. The van der Waals surface area contributed by atoms with Gasteiger partial charge in [-0.05, 0) is 68.4 Å². The number of fused-ring (bicyclic) bond motifs is 1. The predicted octanol–water partition coefficient (Wildman–Crippen LogP) is 4.73. The highest BCUT2D eigenvalue weighted by atomic mass is 16.4. The Kier molecular flexibility index (Phi) is 5.81. The number of carboxylic acid groups (broad SMARTS) is 1. The average Bonchev–Trinajstić information content (AvgIpc) is 3.14. The highest BCUT2D eigenvalue weighted by Gasteiger charge is 2.35. The van der Waals surface area contributed by atoms with Gasteiger partial charge in [-0.2, -0.15) is 10.0 Å². The third-order valence-electron chi connectivity index (χ3n) is 6.00. The Bertz CT molecular complexity index is 961. The van der Waals surface area contributed by atoms with Crippen LogP contribution in [0.25, 0.3) is 10.9 Å². The first-order valence-electron chi connectivity index (χ1n) is 10.5. The van der Waals surface area contributed by atoms with Crippen molar-refractivity contribution in [2.75, 3.05) is 13.1 Å². The van der Waals surface area contributed by atoms with E-state index in [4.69, 9.17) is 0 Å². The summed E-state index contributed by atoms with van der Waals surface area (Å²) in [6.45, 7) is 2.61. The first-order chi connectivity index (χ1) is 14.2. The molecule has 4 rings (SSSR count). The number of nitrogens with one attached hydrogen (secondary N) is 1. The van der Waals surface area contributed by atoms with E-state index < -0.39 is 6.09 Å². The Morgan fingerprint density at radius 3 is 2.62 bits per heavy atom. The first kappa shape index (κ1) is 19.5. The van der Waals surface area contributed by atoms with Crippen molar-refractivity contribution in [3.63, 3.8) is 0 Å². The molecule has 0 aliphatic carbocycles. The summed E-state index contributed by atoms with van der Waals surface area (Å²) in [6, 6.07) is 12.7. The molecule has 1 saturated heterocycles. The van der Waals surface area contributed by atoms with E-state index >= 15 is 0 Å². The van der Waals surface area contributed by atoms with Crippen molar-refractivity contribution in [2.24, 2.45) is 0 Å².